The third-order valence-corrected chi connectivity index (χ3v) is 4.70. The first-order valence-corrected chi connectivity index (χ1v) is 11.1. The van der Waals surface area contributed by atoms with E-state index in [0.29, 0.717) is 22.7 Å². The molecule has 0 saturated heterocycles. The van der Waals surface area contributed by atoms with E-state index in [1.807, 2.05) is 12.1 Å². The Balaban J connectivity index is 0.000000571. The van der Waals surface area contributed by atoms with Gasteiger partial charge in [-0.05, 0) is 72.3 Å². The molecule has 0 unspecified atom stereocenters. The van der Waals surface area contributed by atoms with Gasteiger partial charge in [0.15, 0.2) is 0 Å². The van der Waals surface area contributed by atoms with Crippen molar-refractivity contribution in [2.75, 3.05) is 5.06 Å². The molecule has 10 nitrogen and oxygen atoms in total. The van der Waals surface area contributed by atoms with Gasteiger partial charge < -0.3 is 16.6 Å². The number of nitro benzene ring substituents is 1. The summed E-state index contributed by atoms with van der Waals surface area (Å²) in [5.41, 5.74) is 12.5. The van der Waals surface area contributed by atoms with E-state index < -0.39 is 28.9 Å². The van der Waals surface area contributed by atoms with Crippen LogP contribution in [-0.2, 0) is 22.4 Å². The van der Waals surface area contributed by atoms with E-state index in [-0.39, 0.29) is 19.5 Å². The lowest BCUT2D eigenvalue weighted by Crippen LogP contribution is -2.47. The van der Waals surface area contributed by atoms with Crippen LogP contribution in [0.3, 0.4) is 0 Å². The van der Waals surface area contributed by atoms with Crippen molar-refractivity contribution in [2.24, 2.45) is 11.5 Å². The fourth-order valence-electron chi connectivity index (χ4n) is 2.93. The monoisotopic (exact) mass is 540 g/mol. The Hall–Kier alpha value is -5.54. The number of fused-ring (bicyclic) bond motifs is 1. The third kappa shape index (κ3) is 11.7. The molecule has 0 spiro atoms. The first-order valence-electron chi connectivity index (χ1n) is 11.1. The molecular formula is C30H28N4O6. The lowest BCUT2D eigenvalue weighted by molar-refractivity contribution is -0.385. The van der Waals surface area contributed by atoms with Crippen molar-refractivity contribution in [3.05, 3.63) is 69.8 Å². The number of nitro groups is 1. The largest absolute Gasteiger partial charge is 0.480 e. The van der Waals surface area contributed by atoms with Gasteiger partial charge in [-0.25, -0.2) is 0 Å². The van der Waals surface area contributed by atoms with Crippen molar-refractivity contribution in [3.8, 4) is 59.7 Å². The summed E-state index contributed by atoms with van der Waals surface area (Å²) in [6.07, 6.45) is 5.28. The first-order chi connectivity index (χ1) is 18.6. The van der Waals surface area contributed by atoms with E-state index in [4.69, 9.17) is 23.0 Å². The van der Waals surface area contributed by atoms with Crippen molar-refractivity contribution >= 4 is 23.3 Å². The van der Waals surface area contributed by atoms with Gasteiger partial charge in [-0.3, -0.25) is 24.9 Å². The van der Waals surface area contributed by atoms with Crippen LogP contribution in [0.25, 0.3) is 0 Å². The molecule has 1 aliphatic rings. The number of anilines is 1. The molecule has 0 aliphatic carbocycles. The normalized spacial score (nSPS) is 12.5. The van der Waals surface area contributed by atoms with Gasteiger partial charge in [-0.15, -0.1) is 6.42 Å². The number of carbonyl (C=O) groups is 2. The van der Waals surface area contributed by atoms with E-state index in [1.54, 1.807) is 25.1 Å². The van der Waals surface area contributed by atoms with Gasteiger partial charge >= 0.3 is 5.97 Å². The second kappa shape index (κ2) is 18.7. The molecule has 3 rings (SSSR count). The standard InChI is InChI=1S/C11H4.C9H10N2O4.C9H10N2O2.CH4/c1-3-5-7-9-11-10-8-6-4-2;10-7(9(12)13)5-6-3-1-2-4-8(6)11(14)15;10-7-5-6-3-1-2-4-8(6)11(13)9(7)12;/h1H,2H3;1-4,7H,5,10H2,(H,12,13);1-4,7,13H,5,10H2;1H4/t;2*7-;/m.00./s1. The Morgan fingerprint density at radius 1 is 1.10 bits per heavy atom. The van der Waals surface area contributed by atoms with Gasteiger partial charge in [0, 0.05) is 18.1 Å². The van der Waals surface area contributed by atoms with E-state index in [0.717, 1.165) is 5.56 Å². The molecule has 1 heterocycles. The van der Waals surface area contributed by atoms with Crippen LogP contribution in [-0.4, -0.2) is 39.2 Å². The van der Waals surface area contributed by atoms with Crippen LogP contribution in [0.1, 0.15) is 25.5 Å². The van der Waals surface area contributed by atoms with Gasteiger partial charge in [0.05, 0.1) is 16.7 Å². The third-order valence-electron chi connectivity index (χ3n) is 4.70. The minimum atomic E-state index is -1.17. The fraction of sp³-hybridized carbons (Fsp3) is 0.200. The molecule has 40 heavy (non-hydrogen) atoms. The summed E-state index contributed by atoms with van der Waals surface area (Å²) in [7, 11) is 0. The summed E-state index contributed by atoms with van der Waals surface area (Å²) < 4.78 is 0. The number of hydroxylamine groups is 1. The summed E-state index contributed by atoms with van der Waals surface area (Å²) in [6.45, 7) is 1.71. The summed E-state index contributed by atoms with van der Waals surface area (Å²) in [5, 5.41) is 29.2. The molecule has 0 fully saturated rings. The van der Waals surface area contributed by atoms with E-state index in [2.05, 4.69) is 53.3 Å². The second-order valence-electron chi connectivity index (χ2n) is 7.39. The zero-order valence-electron chi connectivity index (χ0n) is 20.8. The predicted molar refractivity (Wildman–Crippen MR) is 152 cm³/mol. The van der Waals surface area contributed by atoms with Crippen LogP contribution in [0, 0.1) is 69.8 Å². The van der Waals surface area contributed by atoms with Gasteiger partial charge in [0.25, 0.3) is 11.6 Å². The molecule has 204 valence electrons. The molecule has 1 amide bonds. The molecule has 2 atom stereocenters. The number of aliphatic carboxylic acids is 1. The Kier molecular flexibility index (Phi) is 16.1. The highest BCUT2D eigenvalue weighted by atomic mass is 16.6. The molecule has 6 N–H and O–H groups in total. The lowest BCUT2D eigenvalue weighted by Gasteiger charge is -2.27. The predicted octanol–water partition coefficient (Wildman–Crippen LogP) is 2.13. The van der Waals surface area contributed by atoms with Crippen molar-refractivity contribution in [1.29, 1.82) is 0 Å². The Morgan fingerprint density at radius 2 is 1.65 bits per heavy atom. The smallest absolute Gasteiger partial charge is 0.320 e. The number of benzene rings is 2. The Bertz CT molecular complexity index is 1500. The highest BCUT2D eigenvalue weighted by Crippen LogP contribution is 2.25. The van der Waals surface area contributed by atoms with Crippen LogP contribution >= 0.6 is 0 Å². The van der Waals surface area contributed by atoms with Crippen LogP contribution in [0.2, 0.25) is 0 Å². The van der Waals surface area contributed by atoms with Gasteiger partial charge in [0.2, 0.25) is 0 Å². The maximum absolute atomic E-state index is 11.2. The zero-order chi connectivity index (χ0) is 29.2. The van der Waals surface area contributed by atoms with Gasteiger partial charge in [-0.2, -0.15) is 5.06 Å². The molecule has 2 aromatic carbocycles. The second-order valence-corrected chi connectivity index (χ2v) is 7.39. The van der Waals surface area contributed by atoms with Crippen LogP contribution in [0.5, 0.6) is 0 Å². The number of amides is 1. The first kappa shape index (κ1) is 34.5. The molecule has 1 aliphatic heterocycles. The van der Waals surface area contributed by atoms with Gasteiger partial charge in [-0.1, -0.05) is 49.7 Å². The maximum Gasteiger partial charge on any atom is 0.320 e. The number of nitrogens with zero attached hydrogens (tertiary/aromatic N) is 2. The number of rotatable bonds is 4. The Morgan fingerprint density at radius 3 is 2.23 bits per heavy atom. The summed E-state index contributed by atoms with van der Waals surface area (Å²) in [5.74, 6) is 20.3. The number of hydrogen-bond donors (Lipinski definition) is 4. The highest BCUT2D eigenvalue weighted by Gasteiger charge is 2.28. The summed E-state index contributed by atoms with van der Waals surface area (Å²) in [4.78, 5) is 31.8. The number of hydrogen-bond acceptors (Lipinski definition) is 7. The average molecular weight is 541 g/mol. The number of terminal acetylenes is 1. The van der Waals surface area contributed by atoms with Crippen LogP contribution < -0.4 is 16.5 Å². The lowest BCUT2D eigenvalue weighted by atomic mass is 9.99. The minimum absolute atomic E-state index is 0. The van der Waals surface area contributed by atoms with Crippen molar-refractivity contribution in [1.82, 2.24) is 0 Å². The quantitative estimate of drug-likeness (QED) is 0.198. The topological polar surface area (TPSA) is 173 Å². The van der Waals surface area contributed by atoms with E-state index in [9.17, 15) is 24.9 Å². The van der Waals surface area contributed by atoms with Gasteiger partial charge in [0.1, 0.15) is 6.04 Å². The molecule has 10 heteroatoms. The van der Waals surface area contributed by atoms with Crippen LogP contribution in [0.15, 0.2) is 48.5 Å². The summed E-state index contributed by atoms with van der Waals surface area (Å²) >= 11 is 0. The van der Waals surface area contributed by atoms with E-state index >= 15 is 0 Å². The van der Waals surface area contributed by atoms with Crippen molar-refractivity contribution < 1.29 is 24.8 Å². The molecule has 0 saturated carbocycles. The van der Waals surface area contributed by atoms with Crippen molar-refractivity contribution in [3.63, 3.8) is 0 Å². The minimum Gasteiger partial charge on any atom is -0.480 e. The number of carbonyl (C=O) groups excluding carboxylic acids is 1. The number of para-hydroxylation sites is 2. The summed E-state index contributed by atoms with van der Waals surface area (Å²) in [6, 6.07) is 11.4. The van der Waals surface area contributed by atoms with Crippen molar-refractivity contribution in [2.45, 2.75) is 39.3 Å². The SMILES string of the molecule is C.C#CC#CC#CC#CC#CC.N[C@@H](Cc1ccccc1[N+](=O)[O-])C(=O)O.N[C@H]1Cc2ccccc2N(O)C1=O. The Labute approximate surface area is 233 Å². The average Bonchev–Trinajstić information content (AvgIpc) is 2.92. The molecule has 0 bridgehead atoms. The fourth-order valence-corrected chi connectivity index (χ4v) is 2.93. The molecule has 2 aromatic rings. The van der Waals surface area contributed by atoms with E-state index in [1.165, 1.54) is 18.2 Å². The number of carboxylic acids is 1. The highest BCUT2D eigenvalue weighted by molar-refractivity contribution is 5.98. The molecule has 0 aromatic heterocycles. The molecular weight excluding hydrogens is 512 g/mol. The number of carboxylic acid groups (broad SMARTS) is 1. The van der Waals surface area contributed by atoms with Crippen LogP contribution in [0.4, 0.5) is 11.4 Å². The maximum atomic E-state index is 11.2. The molecule has 0 radical (unpaired) electrons. The zero-order valence-corrected chi connectivity index (χ0v) is 20.8. The number of nitrogens with two attached hydrogens (primary N) is 2.